The van der Waals surface area contributed by atoms with Gasteiger partial charge >= 0.3 is 24.3 Å². The standard InChI is InChI=1S/C17H13F6NO4/c1-2-28-15(27)11-9(8-6-4-3-5-7-8)10(14(25)26)12(16(18,19)20)24-13(11)17(21,22)23/h3-7,13,24H,2H2,1H3,(H,25,26). The Bertz CT molecular complexity index is 839. The summed E-state index contributed by atoms with van der Waals surface area (Å²) in [7, 11) is 0. The Balaban J connectivity index is 2.98. The van der Waals surface area contributed by atoms with Gasteiger partial charge in [-0.05, 0) is 12.5 Å². The molecule has 2 rings (SSSR count). The van der Waals surface area contributed by atoms with Crippen molar-refractivity contribution in [1.82, 2.24) is 5.32 Å². The lowest BCUT2D eigenvalue weighted by atomic mass is 9.84. The number of carboxylic acid groups (broad SMARTS) is 1. The van der Waals surface area contributed by atoms with Crippen molar-refractivity contribution in [2.75, 3.05) is 6.61 Å². The molecular formula is C17H13F6NO4. The van der Waals surface area contributed by atoms with Crippen LogP contribution < -0.4 is 5.32 Å². The largest absolute Gasteiger partial charge is 0.478 e. The van der Waals surface area contributed by atoms with Crippen molar-refractivity contribution in [3.8, 4) is 0 Å². The number of alkyl halides is 6. The van der Waals surface area contributed by atoms with Crippen molar-refractivity contribution in [1.29, 1.82) is 0 Å². The van der Waals surface area contributed by atoms with Crippen molar-refractivity contribution in [3.05, 3.63) is 52.7 Å². The topological polar surface area (TPSA) is 75.6 Å². The second-order valence-electron chi connectivity index (χ2n) is 5.55. The van der Waals surface area contributed by atoms with Crippen LogP contribution in [0.1, 0.15) is 12.5 Å². The molecule has 1 aliphatic rings. The van der Waals surface area contributed by atoms with E-state index in [4.69, 9.17) is 0 Å². The highest BCUT2D eigenvalue weighted by Gasteiger charge is 2.54. The minimum atomic E-state index is -5.45. The van der Waals surface area contributed by atoms with Gasteiger partial charge < -0.3 is 15.2 Å². The second kappa shape index (κ2) is 7.56. The summed E-state index contributed by atoms with van der Waals surface area (Å²) < 4.78 is 85.3. The number of ether oxygens (including phenoxy) is 1. The molecule has 0 spiro atoms. The summed E-state index contributed by atoms with van der Waals surface area (Å²) in [5.74, 6) is -3.72. The molecule has 28 heavy (non-hydrogen) atoms. The number of benzene rings is 1. The number of aliphatic carboxylic acids is 1. The fourth-order valence-electron chi connectivity index (χ4n) is 2.71. The Kier molecular flexibility index (Phi) is 5.76. The van der Waals surface area contributed by atoms with Gasteiger partial charge in [-0.25, -0.2) is 9.59 Å². The van der Waals surface area contributed by atoms with E-state index in [1.807, 2.05) is 0 Å². The van der Waals surface area contributed by atoms with Crippen molar-refractivity contribution in [3.63, 3.8) is 0 Å². The number of esters is 1. The molecule has 1 unspecified atom stereocenters. The molecule has 0 aliphatic carbocycles. The van der Waals surface area contributed by atoms with Gasteiger partial charge in [0.2, 0.25) is 0 Å². The van der Waals surface area contributed by atoms with Crippen LogP contribution in [0.25, 0.3) is 5.57 Å². The van der Waals surface area contributed by atoms with Gasteiger partial charge in [-0.15, -0.1) is 0 Å². The first-order chi connectivity index (χ1) is 12.9. The fraction of sp³-hybridized carbons (Fsp3) is 0.294. The van der Waals surface area contributed by atoms with Gasteiger partial charge in [-0.3, -0.25) is 0 Å². The Morgan fingerprint density at radius 3 is 2.11 bits per heavy atom. The molecule has 0 fully saturated rings. The molecule has 0 saturated carbocycles. The zero-order chi connectivity index (χ0) is 21.3. The first-order valence-corrected chi connectivity index (χ1v) is 7.74. The third kappa shape index (κ3) is 4.12. The van der Waals surface area contributed by atoms with Crippen molar-refractivity contribution < 1.29 is 45.8 Å². The van der Waals surface area contributed by atoms with Gasteiger partial charge in [0, 0.05) is 5.57 Å². The Morgan fingerprint density at radius 1 is 1.11 bits per heavy atom. The van der Waals surface area contributed by atoms with E-state index < -0.39 is 52.7 Å². The SMILES string of the molecule is CCOC(=O)C1=C(c2ccccc2)C(C(=O)O)=C(C(F)(F)F)NC1C(F)(F)F. The highest BCUT2D eigenvalue weighted by molar-refractivity contribution is 6.14. The predicted molar refractivity (Wildman–Crippen MR) is 83.7 cm³/mol. The van der Waals surface area contributed by atoms with E-state index in [0.717, 1.165) is 17.4 Å². The number of halogens is 6. The summed E-state index contributed by atoms with van der Waals surface area (Å²) in [6.07, 6.45) is -10.8. The molecule has 152 valence electrons. The van der Waals surface area contributed by atoms with Gasteiger partial charge in [0.15, 0.2) is 6.04 Å². The summed E-state index contributed by atoms with van der Waals surface area (Å²) in [4.78, 5) is 23.9. The third-order valence-electron chi connectivity index (χ3n) is 3.73. The predicted octanol–water partition coefficient (Wildman–Crippen LogP) is 3.44. The summed E-state index contributed by atoms with van der Waals surface area (Å²) >= 11 is 0. The number of carbonyl (C=O) groups is 2. The maximum atomic E-state index is 13.5. The van der Waals surface area contributed by atoms with E-state index in [1.165, 1.54) is 25.1 Å². The van der Waals surface area contributed by atoms with E-state index in [0.29, 0.717) is 0 Å². The lowest BCUT2D eigenvalue weighted by molar-refractivity contribution is -0.161. The summed E-state index contributed by atoms with van der Waals surface area (Å²) in [6, 6.07) is 3.08. The smallest absolute Gasteiger partial charge is 0.431 e. The van der Waals surface area contributed by atoms with Gasteiger partial charge in [0.05, 0.1) is 17.8 Å². The highest BCUT2D eigenvalue weighted by atomic mass is 19.4. The second-order valence-corrected chi connectivity index (χ2v) is 5.55. The molecule has 0 saturated heterocycles. The lowest BCUT2D eigenvalue weighted by Gasteiger charge is -2.33. The van der Waals surface area contributed by atoms with Gasteiger partial charge in [-0.2, -0.15) is 26.3 Å². The minimum Gasteiger partial charge on any atom is -0.478 e. The number of carbonyl (C=O) groups excluding carboxylic acids is 1. The number of rotatable bonds is 4. The van der Waals surface area contributed by atoms with Crippen LogP contribution in [0.4, 0.5) is 26.3 Å². The number of nitrogens with one attached hydrogen (secondary N) is 1. The molecule has 1 aromatic carbocycles. The van der Waals surface area contributed by atoms with Crippen LogP contribution in [0.2, 0.25) is 0 Å². The minimum absolute atomic E-state index is 0.305. The number of allylic oxidation sites excluding steroid dienone is 1. The van der Waals surface area contributed by atoms with Gasteiger partial charge in [0.1, 0.15) is 5.70 Å². The van der Waals surface area contributed by atoms with Crippen molar-refractivity contribution in [2.45, 2.75) is 25.3 Å². The molecule has 0 amide bonds. The Labute approximate surface area is 154 Å². The Morgan fingerprint density at radius 2 is 1.68 bits per heavy atom. The van der Waals surface area contributed by atoms with E-state index in [1.54, 1.807) is 0 Å². The lowest BCUT2D eigenvalue weighted by Crippen LogP contribution is -2.51. The average molecular weight is 409 g/mol. The molecule has 0 aromatic heterocycles. The van der Waals surface area contributed by atoms with Crippen LogP contribution in [0.5, 0.6) is 0 Å². The molecular weight excluding hydrogens is 396 g/mol. The number of hydrogen-bond donors (Lipinski definition) is 2. The molecule has 0 radical (unpaired) electrons. The molecule has 2 N–H and O–H groups in total. The third-order valence-corrected chi connectivity index (χ3v) is 3.73. The quantitative estimate of drug-likeness (QED) is 0.589. The van der Waals surface area contributed by atoms with Crippen molar-refractivity contribution in [2.24, 2.45) is 0 Å². The molecule has 1 aliphatic heterocycles. The van der Waals surface area contributed by atoms with E-state index in [2.05, 4.69) is 4.74 Å². The zero-order valence-electron chi connectivity index (χ0n) is 14.1. The maximum Gasteiger partial charge on any atom is 0.431 e. The van der Waals surface area contributed by atoms with Gasteiger partial charge in [-0.1, -0.05) is 30.3 Å². The summed E-state index contributed by atoms with van der Waals surface area (Å²) in [5, 5.41) is 10.5. The van der Waals surface area contributed by atoms with Crippen LogP contribution in [-0.2, 0) is 14.3 Å². The van der Waals surface area contributed by atoms with Crippen LogP contribution in [0.3, 0.4) is 0 Å². The first-order valence-electron chi connectivity index (χ1n) is 7.74. The zero-order valence-corrected chi connectivity index (χ0v) is 14.1. The van der Waals surface area contributed by atoms with Gasteiger partial charge in [0.25, 0.3) is 0 Å². The highest BCUT2D eigenvalue weighted by Crippen LogP contribution is 2.43. The fourth-order valence-corrected chi connectivity index (χ4v) is 2.71. The molecule has 1 heterocycles. The number of hydrogen-bond acceptors (Lipinski definition) is 4. The molecule has 1 aromatic rings. The van der Waals surface area contributed by atoms with E-state index in [-0.39, 0.29) is 12.2 Å². The molecule has 1 atom stereocenters. The monoisotopic (exact) mass is 409 g/mol. The average Bonchev–Trinajstić information content (AvgIpc) is 2.59. The number of carboxylic acids is 1. The molecule has 0 bridgehead atoms. The molecule has 5 nitrogen and oxygen atoms in total. The van der Waals surface area contributed by atoms with Crippen LogP contribution in [0, 0.1) is 0 Å². The molecule has 11 heteroatoms. The summed E-state index contributed by atoms with van der Waals surface area (Å²) in [5.41, 5.74) is -6.16. The van der Waals surface area contributed by atoms with Crippen molar-refractivity contribution >= 4 is 17.5 Å². The van der Waals surface area contributed by atoms with Crippen LogP contribution >= 0.6 is 0 Å². The Hall–Kier alpha value is -2.98. The number of dihydropyridines is 1. The summed E-state index contributed by atoms with van der Waals surface area (Å²) in [6.45, 7) is 0.918. The first kappa shape index (κ1) is 21.3. The van der Waals surface area contributed by atoms with Crippen LogP contribution in [0.15, 0.2) is 47.2 Å². The van der Waals surface area contributed by atoms with Crippen LogP contribution in [-0.4, -0.2) is 42.0 Å². The maximum absolute atomic E-state index is 13.5. The normalized spacial score (nSPS) is 18.0. The van der Waals surface area contributed by atoms with E-state index in [9.17, 15) is 41.0 Å². The van der Waals surface area contributed by atoms with E-state index >= 15 is 0 Å².